The molecule has 1 unspecified atom stereocenters. The van der Waals surface area contributed by atoms with Crippen molar-refractivity contribution in [2.24, 2.45) is 5.41 Å². The zero-order valence-corrected chi connectivity index (χ0v) is 9.16. The summed E-state index contributed by atoms with van der Waals surface area (Å²) in [5.41, 5.74) is 0.0286. The number of alkyl halides is 1. The first-order chi connectivity index (χ1) is 6.10. The minimum atomic E-state index is -0.352. The minimum absolute atomic E-state index is 0.00596. The maximum absolute atomic E-state index is 11.5. The van der Waals surface area contributed by atoms with Crippen LogP contribution in [0.1, 0.15) is 39.5 Å². The van der Waals surface area contributed by atoms with Gasteiger partial charge >= 0.3 is 0 Å². The minimum Gasteiger partial charge on any atom is -0.355 e. The molecule has 2 nitrogen and oxygen atoms in total. The molecule has 0 saturated heterocycles. The topological polar surface area (TPSA) is 29.1 Å². The Balaban J connectivity index is 2.54. The van der Waals surface area contributed by atoms with Gasteiger partial charge in [-0.05, 0) is 25.2 Å². The van der Waals surface area contributed by atoms with Crippen molar-refractivity contribution in [2.75, 3.05) is 6.54 Å². The van der Waals surface area contributed by atoms with E-state index in [1.54, 1.807) is 0 Å². The molecule has 1 aliphatic rings. The van der Waals surface area contributed by atoms with Crippen molar-refractivity contribution >= 4 is 17.5 Å². The van der Waals surface area contributed by atoms with Crippen LogP contribution >= 0.6 is 11.6 Å². The standard InChI is InChI=1S/C10H18ClNO/c1-3-12-9(13)8(11)10(2)6-4-5-7-10/h8H,3-7H2,1-2H3,(H,12,13). The highest BCUT2D eigenvalue weighted by Gasteiger charge is 2.39. The molecule has 1 fully saturated rings. The van der Waals surface area contributed by atoms with E-state index in [0.717, 1.165) is 12.8 Å². The molecule has 3 heteroatoms. The van der Waals surface area contributed by atoms with E-state index in [1.807, 2.05) is 6.92 Å². The van der Waals surface area contributed by atoms with Gasteiger partial charge in [0.15, 0.2) is 0 Å². The molecule has 0 aliphatic heterocycles. The van der Waals surface area contributed by atoms with Gasteiger partial charge in [0, 0.05) is 6.54 Å². The maximum Gasteiger partial charge on any atom is 0.238 e. The van der Waals surface area contributed by atoms with Gasteiger partial charge in [0.25, 0.3) is 0 Å². The number of carbonyl (C=O) groups excluding carboxylic acids is 1. The third-order valence-corrected chi connectivity index (χ3v) is 3.66. The van der Waals surface area contributed by atoms with Crippen LogP contribution in [-0.4, -0.2) is 17.8 Å². The van der Waals surface area contributed by atoms with Crippen molar-refractivity contribution in [3.05, 3.63) is 0 Å². The Morgan fingerprint density at radius 3 is 2.54 bits per heavy atom. The van der Waals surface area contributed by atoms with Gasteiger partial charge in [-0.15, -0.1) is 11.6 Å². The van der Waals surface area contributed by atoms with Gasteiger partial charge in [-0.2, -0.15) is 0 Å². The Labute approximate surface area is 85.0 Å². The first-order valence-corrected chi connectivity index (χ1v) is 5.45. The Kier molecular flexibility index (Phi) is 3.60. The normalized spacial score (nSPS) is 22.7. The van der Waals surface area contributed by atoms with E-state index in [9.17, 15) is 4.79 Å². The Morgan fingerprint density at radius 2 is 2.08 bits per heavy atom. The lowest BCUT2D eigenvalue weighted by atomic mass is 9.84. The molecule has 1 atom stereocenters. The van der Waals surface area contributed by atoms with Crippen LogP contribution in [0.3, 0.4) is 0 Å². The molecule has 1 saturated carbocycles. The average molecular weight is 204 g/mol. The predicted molar refractivity (Wildman–Crippen MR) is 54.9 cm³/mol. The molecule has 1 amide bonds. The third kappa shape index (κ3) is 2.37. The molecular weight excluding hydrogens is 186 g/mol. The van der Waals surface area contributed by atoms with Crippen LogP contribution in [0.5, 0.6) is 0 Å². The van der Waals surface area contributed by atoms with Crippen LogP contribution in [0.25, 0.3) is 0 Å². The molecule has 13 heavy (non-hydrogen) atoms. The smallest absolute Gasteiger partial charge is 0.238 e. The molecule has 0 heterocycles. The van der Waals surface area contributed by atoms with Gasteiger partial charge in [0.05, 0.1) is 0 Å². The molecule has 1 rings (SSSR count). The van der Waals surface area contributed by atoms with Crippen LogP contribution in [0.4, 0.5) is 0 Å². The molecule has 0 radical (unpaired) electrons. The SMILES string of the molecule is CCNC(=O)C(Cl)C1(C)CCCC1. The molecule has 0 aromatic rings. The maximum atomic E-state index is 11.5. The average Bonchev–Trinajstić information content (AvgIpc) is 2.52. The predicted octanol–water partition coefficient (Wildman–Crippen LogP) is 2.31. The highest BCUT2D eigenvalue weighted by molar-refractivity contribution is 6.31. The summed E-state index contributed by atoms with van der Waals surface area (Å²) in [4.78, 5) is 11.5. The summed E-state index contributed by atoms with van der Waals surface area (Å²) in [5.74, 6) is -0.00596. The second kappa shape index (κ2) is 4.32. The Hall–Kier alpha value is -0.240. The number of carbonyl (C=O) groups is 1. The highest BCUT2D eigenvalue weighted by atomic mass is 35.5. The van der Waals surface area contributed by atoms with Gasteiger partial charge in [-0.1, -0.05) is 19.8 Å². The van der Waals surface area contributed by atoms with Crippen LogP contribution < -0.4 is 5.32 Å². The van der Waals surface area contributed by atoms with Crippen molar-refractivity contribution < 1.29 is 4.79 Å². The van der Waals surface area contributed by atoms with Crippen molar-refractivity contribution in [2.45, 2.75) is 44.9 Å². The van der Waals surface area contributed by atoms with E-state index >= 15 is 0 Å². The molecule has 0 spiro atoms. The van der Waals surface area contributed by atoms with Crippen LogP contribution in [-0.2, 0) is 4.79 Å². The molecule has 1 N–H and O–H groups in total. The van der Waals surface area contributed by atoms with Gasteiger partial charge in [0.1, 0.15) is 5.38 Å². The number of hydrogen-bond acceptors (Lipinski definition) is 1. The molecule has 1 aliphatic carbocycles. The highest BCUT2D eigenvalue weighted by Crippen LogP contribution is 2.42. The largest absolute Gasteiger partial charge is 0.355 e. The zero-order valence-electron chi connectivity index (χ0n) is 8.40. The lowest BCUT2D eigenvalue weighted by Crippen LogP contribution is -2.40. The fraction of sp³-hybridized carbons (Fsp3) is 0.900. The Morgan fingerprint density at radius 1 is 1.54 bits per heavy atom. The summed E-state index contributed by atoms with van der Waals surface area (Å²) >= 11 is 6.15. The second-order valence-corrected chi connectivity index (χ2v) is 4.55. The molecule has 76 valence electrons. The van der Waals surface area contributed by atoms with Gasteiger partial charge in [-0.25, -0.2) is 0 Å². The van der Waals surface area contributed by atoms with Crippen molar-refractivity contribution in [3.63, 3.8) is 0 Å². The zero-order chi connectivity index (χ0) is 9.90. The summed E-state index contributed by atoms with van der Waals surface area (Å²) in [6.07, 6.45) is 4.58. The first kappa shape index (κ1) is 10.8. The fourth-order valence-electron chi connectivity index (χ4n) is 2.02. The van der Waals surface area contributed by atoms with E-state index in [2.05, 4.69) is 12.2 Å². The van der Waals surface area contributed by atoms with Gasteiger partial charge in [0.2, 0.25) is 5.91 Å². The van der Waals surface area contributed by atoms with Crippen molar-refractivity contribution in [3.8, 4) is 0 Å². The summed E-state index contributed by atoms with van der Waals surface area (Å²) in [7, 11) is 0. The summed E-state index contributed by atoms with van der Waals surface area (Å²) < 4.78 is 0. The van der Waals surface area contributed by atoms with E-state index < -0.39 is 0 Å². The molecular formula is C10H18ClNO. The monoisotopic (exact) mass is 203 g/mol. The van der Waals surface area contributed by atoms with Crippen molar-refractivity contribution in [1.29, 1.82) is 0 Å². The summed E-state index contributed by atoms with van der Waals surface area (Å²) in [6.45, 7) is 4.70. The van der Waals surface area contributed by atoms with E-state index in [1.165, 1.54) is 12.8 Å². The van der Waals surface area contributed by atoms with Gasteiger partial charge < -0.3 is 5.32 Å². The Bertz CT molecular complexity index is 187. The van der Waals surface area contributed by atoms with Gasteiger partial charge in [-0.3, -0.25) is 4.79 Å². The number of halogens is 1. The summed E-state index contributed by atoms with van der Waals surface area (Å²) in [6, 6.07) is 0. The fourth-order valence-corrected chi connectivity index (χ4v) is 2.31. The second-order valence-electron chi connectivity index (χ2n) is 4.12. The first-order valence-electron chi connectivity index (χ1n) is 5.02. The third-order valence-electron chi connectivity index (χ3n) is 2.94. The molecule has 0 aromatic heterocycles. The quantitative estimate of drug-likeness (QED) is 0.701. The summed E-state index contributed by atoms with van der Waals surface area (Å²) in [5, 5.41) is 2.42. The van der Waals surface area contributed by atoms with Crippen molar-refractivity contribution in [1.82, 2.24) is 5.32 Å². The molecule has 0 aromatic carbocycles. The van der Waals surface area contributed by atoms with Crippen LogP contribution in [0.2, 0.25) is 0 Å². The lowest BCUT2D eigenvalue weighted by molar-refractivity contribution is -0.122. The van der Waals surface area contributed by atoms with E-state index in [0.29, 0.717) is 6.54 Å². The number of hydrogen-bond donors (Lipinski definition) is 1. The van der Waals surface area contributed by atoms with Crippen LogP contribution in [0, 0.1) is 5.41 Å². The van der Waals surface area contributed by atoms with E-state index in [4.69, 9.17) is 11.6 Å². The number of nitrogens with one attached hydrogen (secondary N) is 1. The lowest BCUT2D eigenvalue weighted by Gasteiger charge is -2.28. The number of rotatable bonds is 3. The number of amides is 1. The molecule has 0 bridgehead atoms. The van der Waals surface area contributed by atoms with E-state index in [-0.39, 0.29) is 16.7 Å². The van der Waals surface area contributed by atoms with Crippen LogP contribution in [0.15, 0.2) is 0 Å².